The standard InChI is InChI=1S/C20H14F3N3OS/c1-26-11-12(13-6-2-5-9-16(13)26)10-17-18(27)25-19(28-17)24-15-8-4-3-7-14(15)20(21,22)23/h2-11H,1H3,(H,24,25,27)/b17-10+. The van der Waals surface area contributed by atoms with Gasteiger partial charge in [0.1, 0.15) is 0 Å². The lowest BCUT2D eigenvalue weighted by molar-refractivity contribution is -0.137. The molecule has 142 valence electrons. The molecule has 0 saturated carbocycles. The van der Waals surface area contributed by atoms with Crippen LogP contribution in [0.15, 0.2) is 64.6 Å². The Hall–Kier alpha value is -3.00. The number of thioether (sulfide) groups is 1. The molecule has 1 aliphatic heterocycles. The van der Waals surface area contributed by atoms with Gasteiger partial charge in [0.15, 0.2) is 5.17 Å². The second-order valence-corrected chi connectivity index (χ2v) is 7.24. The van der Waals surface area contributed by atoms with Gasteiger partial charge in [0.2, 0.25) is 0 Å². The number of nitrogens with zero attached hydrogens (tertiary/aromatic N) is 2. The predicted octanol–water partition coefficient (Wildman–Crippen LogP) is 5.09. The molecule has 4 nitrogen and oxygen atoms in total. The number of hydrogen-bond acceptors (Lipinski definition) is 3. The molecule has 0 unspecified atom stereocenters. The highest BCUT2D eigenvalue weighted by Crippen LogP contribution is 2.37. The Morgan fingerprint density at radius 1 is 1.11 bits per heavy atom. The number of rotatable bonds is 2. The zero-order valence-electron chi connectivity index (χ0n) is 14.6. The fourth-order valence-corrected chi connectivity index (χ4v) is 3.86. The Balaban J connectivity index is 1.68. The highest BCUT2D eigenvalue weighted by Gasteiger charge is 2.34. The van der Waals surface area contributed by atoms with Crippen LogP contribution < -0.4 is 5.32 Å². The summed E-state index contributed by atoms with van der Waals surface area (Å²) in [6.07, 6.45) is -0.893. The van der Waals surface area contributed by atoms with Crippen LogP contribution in [-0.4, -0.2) is 15.6 Å². The first-order valence-corrected chi connectivity index (χ1v) is 9.14. The van der Waals surface area contributed by atoms with Crippen LogP contribution >= 0.6 is 11.8 Å². The highest BCUT2D eigenvalue weighted by molar-refractivity contribution is 8.18. The number of aryl methyl sites for hydroxylation is 1. The maximum atomic E-state index is 13.1. The number of nitrogens with one attached hydrogen (secondary N) is 1. The lowest BCUT2D eigenvalue weighted by Gasteiger charge is -2.09. The van der Waals surface area contributed by atoms with Gasteiger partial charge in [-0.2, -0.15) is 13.2 Å². The lowest BCUT2D eigenvalue weighted by Crippen LogP contribution is -2.19. The smallest absolute Gasteiger partial charge is 0.350 e. The summed E-state index contributed by atoms with van der Waals surface area (Å²) in [6.45, 7) is 0. The molecule has 0 radical (unpaired) electrons. The van der Waals surface area contributed by atoms with Crippen molar-refractivity contribution < 1.29 is 18.0 Å². The number of para-hydroxylation sites is 2. The monoisotopic (exact) mass is 401 g/mol. The van der Waals surface area contributed by atoms with Crippen molar-refractivity contribution >= 4 is 45.5 Å². The molecule has 28 heavy (non-hydrogen) atoms. The number of halogens is 3. The van der Waals surface area contributed by atoms with E-state index in [1.54, 1.807) is 6.08 Å². The molecule has 3 aromatic rings. The number of alkyl halides is 3. The molecule has 1 aliphatic rings. The molecule has 0 atom stereocenters. The average molecular weight is 401 g/mol. The molecule has 4 rings (SSSR count). The third-order valence-corrected chi connectivity index (χ3v) is 5.21. The molecule has 1 N–H and O–H groups in total. The molecule has 2 heterocycles. The summed E-state index contributed by atoms with van der Waals surface area (Å²) in [4.78, 5) is 16.7. The van der Waals surface area contributed by atoms with Crippen LogP contribution in [0.3, 0.4) is 0 Å². The Bertz CT molecular complexity index is 1150. The second-order valence-electron chi connectivity index (χ2n) is 6.21. The number of carbonyl (C=O) groups excluding carboxylic acids is 1. The summed E-state index contributed by atoms with van der Waals surface area (Å²) in [5.41, 5.74) is 0.798. The van der Waals surface area contributed by atoms with Gasteiger partial charge in [0.25, 0.3) is 5.91 Å². The SMILES string of the molecule is Cn1cc(/C=C2/SC(=Nc3ccccc3C(F)(F)F)NC2=O)c2ccccc21. The molecule has 2 aromatic carbocycles. The maximum Gasteiger partial charge on any atom is 0.418 e. The van der Waals surface area contributed by atoms with Crippen LogP contribution in [0.4, 0.5) is 18.9 Å². The van der Waals surface area contributed by atoms with Crippen LogP contribution in [0.25, 0.3) is 17.0 Å². The van der Waals surface area contributed by atoms with E-state index in [-0.39, 0.29) is 16.8 Å². The first-order valence-electron chi connectivity index (χ1n) is 8.33. The van der Waals surface area contributed by atoms with Crippen LogP contribution in [0.5, 0.6) is 0 Å². The van der Waals surface area contributed by atoms with Crippen LogP contribution in [0, 0.1) is 0 Å². The van der Waals surface area contributed by atoms with Crippen molar-refractivity contribution in [2.45, 2.75) is 6.18 Å². The molecule has 1 aromatic heterocycles. The van der Waals surface area contributed by atoms with Crippen molar-refractivity contribution in [3.8, 4) is 0 Å². The fourth-order valence-electron chi connectivity index (χ4n) is 3.03. The summed E-state index contributed by atoms with van der Waals surface area (Å²) < 4.78 is 41.4. The number of fused-ring (bicyclic) bond motifs is 1. The molecular formula is C20H14F3N3OS. The van der Waals surface area contributed by atoms with Gasteiger partial charge in [-0.15, -0.1) is 0 Å². The minimum Gasteiger partial charge on any atom is -0.350 e. The fraction of sp³-hybridized carbons (Fsp3) is 0.100. The molecule has 1 amide bonds. The number of hydrogen-bond donors (Lipinski definition) is 1. The van der Waals surface area contributed by atoms with Gasteiger partial charge in [0.05, 0.1) is 16.2 Å². The van der Waals surface area contributed by atoms with Crippen LogP contribution in [0.2, 0.25) is 0 Å². The zero-order valence-corrected chi connectivity index (χ0v) is 15.4. The Kier molecular flexibility index (Phi) is 4.50. The predicted molar refractivity (Wildman–Crippen MR) is 105 cm³/mol. The summed E-state index contributed by atoms with van der Waals surface area (Å²) >= 11 is 1.02. The summed E-state index contributed by atoms with van der Waals surface area (Å²) in [5.74, 6) is -0.388. The molecule has 0 aliphatic carbocycles. The van der Waals surface area contributed by atoms with Gasteiger partial charge >= 0.3 is 6.18 Å². The Labute approximate surface area is 162 Å². The number of amides is 1. The van der Waals surface area contributed by atoms with Gasteiger partial charge in [-0.3, -0.25) is 4.79 Å². The van der Waals surface area contributed by atoms with Gasteiger partial charge in [-0.1, -0.05) is 30.3 Å². The van der Waals surface area contributed by atoms with E-state index in [0.717, 1.165) is 34.3 Å². The first kappa shape index (κ1) is 18.4. The van der Waals surface area contributed by atoms with Crippen molar-refractivity contribution in [2.24, 2.45) is 12.0 Å². The van der Waals surface area contributed by atoms with E-state index < -0.39 is 11.7 Å². The normalized spacial score (nSPS) is 17.6. The van der Waals surface area contributed by atoms with E-state index in [0.29, 0.717) is 4.91 Å². The minimum atomic E-state index is -4.52. The summed E-state index contributed by atoms with van der Waals surface area (Å²) in [7, 11) is 1.91. The summed E-state index contributed by atoms with van der Waals surface area (Å²) in [5, 5.41) is 3.64. The molecule has 1 fully saturated rings. The largest absolute Gasteiger partial charge is 0.418 e. The topological polar surface area (TPSA) is 46.4 Å². The molecule has 0 spiro atoms. The van der Waals surface area contributed by atoms with E-state index in [1.165, 1.54) is 18.2 Å². The number of aliphatic imine (C=N–C) groups is 1. The van der Waals surface area contributed by atoms with Gasteiger partial charge in [0, 0.05) is 29.7 Å². The number of amidine groups is 1. The van der Waals surface area contributed by atoms with Crippen LogP contribution in [-0.2, 0) is 18.0 Å². The molecular weight excluding hydrogens is 387 g/mol. The lowest BCUT2D eigenvalue weighted by atomic mass is 10.1. The highest BCUT2D eigenvalue weighted by atomic mass is 32.2. The van der Waals surface area contributed by atoms with E-state index in [9.17, 15) is 18.0 Å². The van der Waals surface area contributed by atoms with Crippen molar-refractivity contribution in [3.05, 3.63) is 70.8 Å². The first-order chi connectivity index (χ1) is 13.3. The number of aromatic nitrogens is 1. The molecule has 1 saturated heterocycles. The quantitative estimate of drug-likeness (QED) is 0.608. The number of benzene rings is 2. The van der Waals surface area contributed by atoms with E-state index >= 15 is 0 Å². The summed E-state index contributed by atoms with van der Waals surface area (Å²) in [6, 6.07) is 12.8. The molecule has 0 bridgehead atoms. The van der Waals surface area contributed by atoms with Crippen molar-refractivity contribution in [1.82, 2.24) is 9.88 Å². The Morgan fingerprint density at radius 2 is 1.82 bits per heavy atom. The Morgan fingerprint density at radius 3 is 2.61 bits per heavy atom. The van der Waals surface area contributed by atoms with Crippen LogP contribution in [0.1, 0.15) is 11.1 Å². The van der Waals surface area contributed by atoms with E-state index in [4.69, 9.17) is 0 Å². The van der Waals surface area contributed by atoms with Crippen molar-refractivity contribution in [1.29, 1.82) is 0 Å². The average Bonchev–Trinajstić information content (AvgIpc) is 3.15. The van der Waals surface area contributed by atoms with Crippen molar-refractivity contribution in [3.63, 3.8) is 0 Å². The third-order valence-electron chi connectivity index (χ3n) is 4.30. The van der Waals surface area contributed by atoms with E-state index in [1.807, 2.05) is 42.1 Å². The maximum absolute atomic E-state index is 13.1. The molecule has 8 heteroatoms. The van der Waals surface area contributed by atoms with Gasteiger partial charge in [-0.25, -0.2) is 4.99 Å². The van der Waals surface area contributed by atoms with E-state index in [2.05, 4.69) is 10.3 Å². The third kappa shape index (κ3) is 3.43. The van der Waals surface area contributed by atoms with Gasteiger partial charge < -0.3 is 9.88 Å². The van der Waals surface area contributed by atoms with Gasteiger partial charge in [-0.05, 0) is 36.0 Å². The minimum absolute atomic E-state index is 0.119. The second kappa shape index (κ2) is 6.87. The van der Waals surface area contributed by atoms with Crippen molar-refractivity contribution in [2.75, 3.05) is 0 Å². The number of carbonyl (C=O) groups is 1. The zero-order chi connectivity index (χ0) is 19.9.